The van der Waals surface area contributed by atoms with E-state index in [1.807, 2.05) is 18.2 Å². The molecular formula is C25H29ClN2O. The van der Waals surface area contributed by atoms with Crippen molar-refractivity contribution in [1.82, 2.24) is 9.88 Å². The van der Waals surface area contributed by atoms with Crippen molar-refractivity contribution in [2.75, 3.05) is 13.1 Å². The summed E-state index contributed by atoms with van der Waals surface area (Å²) in [5.41, 5.74) is 5.24. The number of ketones is 1. The average Bonchev–Trinajstić information content (AvgIpc) is 3.10. The Kier molecular flexibility index (Phi) is 6.07. The highest BCUT2D eigenvalue weighted by Crippen LogP contribution is 2.32. The number of aryl methyl sites for hydroxylation is 1. The number of hydrogen-bond acceptors (Lipinski definition) is 2. The average molecular weight is 409 g/mol. The largest absolute Gasteiger partial charge is 0.358 e. The molecule has 1 heterocycles. The fourth-order valence-electron chi connectivity index (χ4n) is 4.70. The second-order valence-electron chi connectivity index (χ2n) is 8.11. The van der Waals surface area contributed by atoms with Crippen molar-refractivity contribution in [2.45, 2.75) is 52.0 Å². The van der Waals surface area contributed by atoms with Gasteiger partial charge in [0, 0.05) is 38.8 Å². The lowest BCUT2D eigenvalue weighted by Crippen LogP contribution is -2.40. The van der Waals surface area contributed by atoms with Crippen LogP contribution < -0.4 is 0 Å². The van der Waals surface area contributed by atoms with E-state index < -0.39 is 0 Å². The molecule has 0 amide bonds. The molecule has 2 aromatic carbocycles. The summed E-state index contributed by atoms with van der Waals surface area (Å²) in [4.78, 5) is 19.3. The van der Waals surface area contributed by atoms with Gasteiger partial charge in [-0.1, -0.05) is 37.6 Å². The molecular weight excluding hydrogens is 380 g/mol. The van der Waals surface area contributed by atoms with E-state index in [1.165, 1.54) is 35.9 Å². The number of hydrogen-bond donors (Lipinski definition) is 1. The van der Waals surface area contributed by atoms with Gasteiger partial charge in [0.2, 0.25) is 0 Å². The Bertz CT molecular complexity index is 1020. The van der Waals surface area contributed by atoms with Gasteiger partial charge in [-0.3, -0.25) is 4.79 Å². The second kappa shape index (κ2) is 8.73. The molecule has 0 radical (unpaired) electrons. The zero-order valence-corrected chi connectivity index (χ0v) is 18.1. The van der Waals surface area contributed by atoms with Gasteiger partial charge in [-0.15, -0.1) is 0 Å². The van der Waals surface area contributed by atoms with Crippen molar-refractivity contribution < 1.29 is 4.79 Å². The number of aromatic amines is 1. The van der Waals surface area contributed by atoms with Crippen LogP contribution in [0.1, 0.15) is 60.3 Å². The number of nitrogens with zero attached hydrogens (tertiary/aromatic N) is 1. The highest BCUT2D eigenvalue weighted by Gasteiger charge is 2.26. The zero-order chi connectivity index (χ0) is 20.4. The van der Waals surface area contributed by atoms with Crippen molar-refractivity contribution in [3.63, 3.8) is 0 Å². The summed E-state index contributed by atoms with van der Waals surface area (Å²) >= 11 is 6.08. The van der Waals surface area contributed by atoms with Crippen LogP contribution in [-0.2, 0) is 12.8 Å². The van der Waals surface area contributed by atoms with Gasteiger partial charge in [-0.05, 0) is 81.1 Å². The number of rotatable bonds is 7. The van der Waals surface area contributed by atoms with Gasteiger partial charge in [0.1, 0.15) is 0 Å². The maximum absolute atomic E-state index is 13.0. The highest BCUT2D eigenvalue weighted by molar-refractivity contribution is 6.31. The van der Waals surface area contributed by atoms with E-state index in [0.717, 1.165) is 37.0 Å². The van der Waals surface area contributed by atoms with Crippen molar-refractivity contribution >= 4 is 28.3 Å². The molecule has 4 heteroatoms. The molecule has 0 fully saturated rings. The van der Waals surface area contributed by atoms with E-state index in [4.69, 9.17) is 11.6 Å². The molecule has 3 aromatic rings. The monoisotopic (exact) mass is 408 g/mol. The predicted molar refractivity (Wildman–Crippen MR) is 121 cm³/mol. The van der Waals surface area contributed by atoms with E-state index in [1.54, 1.807) is 12.1 Å². The Morgan fingerprint density at radius 1 is 1.10 bits per heavy atom. The molecule has 0 saturated heterocycles. The molecule has 4 rings (SSSR count). The molecule has 0 bridgehead atoms. The third-order valence-corrected chi connectivity index (χ3v) is 6.28. The first-order chi connectivity index (χ1) is 14.1. The van der Waals surface area contributed by atoms with Crippen LogP contribution in [0, 0.1) is 0 Å². The van der Waals surface area contributed by atoms with Crippen molar-refractivity contribution in [1.29, 1.82) is 0 Å². The molecule has 1 aliphatic rings. The second-order valence-corrected chi connectivity index (χ2v) is 8.55. The summed E-state index contributed by atoms with van der Waals surface area (Å²) in [5, 5.41) is 1.79. The molecule has 0 saturated carbocycles. The Labute approximate surface area is 178 Å². The lowest BCUT2D eigenvalue weighted by Gasteiger charge is -2.34. The van der Waals surface area contributed by atoms with Crippen LogP contribution in [0.25, 0.3) is 10.9 Å². The summed E-state index contributed by atoms with van der Waals surface area (Å²) < 4.78 is 0. The minimum Gasteiger partial charge on any atom is -0.358 e. The number of carbonyl (C=O) groups excluding carboxylic acids is 1. The van der Waals surface area contributed by atoms with Crippen LogP contribution in [0.5, 0.6) is 0 Å². The molecule has 1 N–H and O–H groups in total. The lowest BCUT2D eigenvalue weighted by molar-refractivity contribution is 0.103. The molecule has 152 valence electrons. The molecule has 1 aromatic heterocycles. The number of halogens is 1. The maximum Gasteiger partial charge on any atom is 0.193 e. The summed E-state index contributed by atoms with van der Waals surface area (Å²) in [6, 6.07) is 13.8. The smallest absolute Gasteiger partial charge is 0.193 e. The van der Waals surface area contributed by atoms with Gasteiger partial charge in [0.25, 0.3) is 0 Å². The quantitative estimate of drug-likeness (QED) is 0.484. The SMILES string of the molecule is CCCN(CCC)C1CCc2[nH]c3ccc(C(=O)c4cccc(Cl)c4)cc3c2C1. The van der Waals surface area contributed by atoms with Crippen LogP contribution in [0.3, 0.4) is 0 Å². The predicted octanol–water partition coefficient (Wildman–Crippen LogP) is 6.03. The molecule has 0 aliphatic heterocycles. The zero-order valence-electron chi connectivity index (χ0n) is 17.3. The topological polar surface area (TPSA) is 36.1 Å². The highest BCUT2D eigenvalue weighted by atomic mass is 35.5. The molecule has 0 spiro atoms. The minimum absolute atomic E-state index is 0.0234. The molecule has 29 heavy (non-hydrogen) atoms. The van der Waals surface area contributed by atoms with Gasteiger partial charge in [0.15, 0.2) is 5.78 Å². The molecule has 1 aliphatic carbocycles. The lowest BCUT2D eigenvalue weighted by atomic mass is 9.89. The third-order valence-electron chi connectivity index (χ3n) is 6.05. The number of nitrogens with one attached hydrogen (secondary N) is 1. The summed E-state index contributed by atoms with van der Waals surface area (Å²) in [6.45, 7) is 6.84. The van der Waals surface area contributed by atoms with Gasteiger partial charge in [0.05, 0.1) is 0 Å². The number of fused-ring (bicyclic) bond motifs is 3. The standard InChI is InChI=1S/C25H29ClN2O/c1-3-12-28(13-4-2)20-9-11-24-22(16-20)21-15-18(8-10-23(21)27-24)25(29)17-6-5-7-19(26)14-17/h5-8,10,14-15,20,27H,3-4,9,11-13,16H2,1-2H3. The van der Waals surface area contributed by atoms with Gasteiger partial charge >= 0.3 is 0 Å². The maximum atomic E-state index is 13.0. The minimum atomic E-state index is 0.0234. The Morgan fingerprint density at radius 2 is 1.86 bits per heavy atom. The van der Waals surface area contributed by atoms with Gasteiger partial charge in [-0.2, -0.15) is 0 Å². The summed E-state index contributed by atoms with van der Waals surface area (Å²) in [6.07, 6.45) is 5.72. The molecule has 1 unspecified atom stereocenters. The van der Waals surface area contributed by atoms with E-state index in [9.17, 15) is 4.79 Å². The summed E-state index contributed by atoms with van der Waals surface area (Å²) in [7, 11) is 0. The Balaban J connectivity index is 1.66. The van der Waals surface area contributed by atoms with Crippen LogP contribution in [0.15, 0.2) is 42.5 Å². The van der Waals surface area contributed by atoms with Gasteiger partial charge in [-0.25, -0.2) is 0 Å². The Hall–Kier alpha value is -2.10. The Morgan fingerprint density at radius 3 is 2.59 bits per heavy atom. The van der Waals surface area contributed by atoms with E-state index in [-0.39, 0.29) is 5.78 Å². The fraction of sp³-hybridized carbons (Fsp3) is 0.400. The first-order valence-electron chi connectivity index (χ1n) is 10.8. The molecule has 1 atom stereocenters. The van der Waals surface area contributed by atoms with Gasteiger partial charge < -0.3 is 9.88 Å². The first-order valence-corrected chi connectivity index (χ1v) is 11.2. The van der Waals surface area contributed by atoms with Crippen molar-refractivity contribution in [3.05, 3.63) is 69.9 Å². The normalized spacial score (nSPS) is 16.3. The van der Waals surface area contributed by atoms with Crippen molar-refractivity contribution in [3.8, 4) is 0 Å². The van der Waals surface area contributed by atoms with E-state index in [0.29, 0.717) is 16.6 Å². The van der Waals surface area contributed by atoms with Crippen LogP contribution in [-0.4, -0.2) is 34.8 Å². The number of aromatic nitrogens is 1. The van der Waals surface area contributed by atoms with Crippen LogP contribution in [0.2, 0.25) is 5.02 Å². The number of benzene rings is 2. The first kappa shape index (κ1) is 20.2. The van der Waals surface area contributed by atoms with Crippen LogP contribution >= 0.6 is 11.6 Å². The van der Waals surface area contributed by atoms with E-state index in [2.05, 4.69) is 35.9 Å². The van der Waals surface area contributed by atoms with E-state index >= 15 is 0 Å². The third kappa shape index (κ3) is 4.12. The fourth-order valence-corrected chi connectivity index (χ4v) is 4.89. The number of carbonyl (C=O) groups is 1. The molecule has 3 nitrogen and oxygen atoms in total. The van der Waals surface area contributed by atoms with Crippen molar-refractivity contribution in [2.24, 2.45) is 0 Å². The summed E-state index contributed by atoms with van der Waals surface area (Å²) in [5.74, 6) is 0.0234. The number of H-pyrrole nitrogens is 1. The van der Waals surface area contributed by atoms with Crippen LogP contribution in [0.4, 0.5) is 0 Å².